The number of nitrogens with zero attached hydrogens (tertiary/aromatic N) is 2. The van der Waals surface area contributed by atoms with Gasteiger partial charge >= 0.3 is 5.97 Å². The fourth-order valence-corrected chi connectivity index (χ4v) is 2.75. The summed E-state index contributed by atoms with van der Waals surface area (Å²) in [5.41, 5.74) is 0. The van der Waals surface area contributed by atoms with E-state index in [9.17, 15) is 4.79 Å². The van der Waals surface area contributed by atoms with Crippen LogP contribution < -0.4 is 0 Å². The van der Waals surface area contributed by atoms with Crippen molar-refractivity contribution in [1.82, 2.24) is 9.80 Å². The maximum atomic E-state index is 11.1. The fraction of sp³-hybridized carbons (Fsp3) is 0.923. The number of methoxy groups -OCH3 is 1. The third-order valence-corrected chi connectivity index (χ3v) is 3.97. The van der Waals surface area contributed by atoms with Crippen LogP contribution in [-0.2, 0) is 14.3 Å². The predicted octanol–water partition coefficient (Wildman–Crippen LogP) is 0.346. The Morgan fingerprint density at radius 3 is 2.50 bits per heavy atom. The van der Waals surface area contributed by atoms with Crippen LogP contribution in [0, 0.1) is 0 Å². The Labute approximate surface area is 109 Å². The summed E-state index contributed by atoms with van der Waals surface area (Å²) in [5, 5.41) is 0. The van der Waals surface area contributed by atoms with Crippen LogP contribution in [-0.4, -0.2) is 74.9 Å². The van der Waals surface area contributed by atoms with Gasteiger partial charge in [0.05, 0.1) is 13.5 Å². The zero-order valence-corrected chi connectivity index (χ0v) is 11.3. The molecule has 2 aliphatic rings. The molecule has 0 saturated carbocycles. The molecule has 0 atom stereocenters. The van der Waals surface area contributed by atoms with Crippen molar-refractivity contribution in [3.63, 3.8) is 0 Å². The molecule has 2 saturated heterocycles. The third-order valence-electron chi connectivity index (χ3n) is 3.97. The van der Waals surface area contributed by atoms with Crippen LogP contribution in [0.4, 0.5) is 0 Å². The van der Waals surface area contributed by atoms with E-state index in [0.717, 1.165) is 45.9 Å². The van der Waals surface area contributed by atoms with Crippen LogP contribution >= 0.6 is 0 Å². The van der Waals surface area contributed by atoms with E-state index < -0.39 is 0 Å². The fourth-order valence-electron chi connectivity index (χ4n) is 2.75. The standard InChI is InChI=1S/C13H24N2O3/c1-17-13(16)2-5-14-6-8-15(9-7-14)12-3-10-18-11-4-12/h12H,2-11H2,1H3. The maximum Gasteiger partial charge on any atom is 0.306 e. The molecule has 104 valence electrons. The van der Waals surface area contributed by atoms with Crippen molar-refractivity contribution in [1.29, 1.82) is 0 Å². The van der Waals surface area contributed by atoms with Gasteiger partial charge in [0.2, 0.25) is 0 Å². The van der Waals surface area contributed by atoms with Crippen LogP contribution in [0.3, 0.4) is 0 Å². The number of carbonyl (C=O) groups is 1. The van der Waals surface area contributed by atoms with Crippen molar-refractivity contribution in [2.45, 2.75) is 25.3 Å². The molecule has 2 rings (SSSR count). The molecule has 5 nitrogen and oxygen atoms in total. The van der Waals surface area contributed by atoms with Gasteiger partial charge in [0.15, 0.2) is 0 Å². The molecular formula is C13H24N2O3. The lowest BCUT2D eigenvalue weighted by Crippen LogP contribution is -2.51. The third kappa shape index (κ3) is 3.93. The highest BCUT2D eigenvalue weighted by Crippen LogP contribution is 2.16. The van der Waals surface area contributed by atoms with Gasteiger partial charge in [-0.05, 0) is 12.8 Å². The number of ether oxygens (including phenoxy) is 2. The molecule has 0 radical (unpaired) electrons. The van der Waals surface area contributed by atoms with Gasteiger partial charge in [0.1, 0.15) is 0 Å². The summed E-state index contributed by atoms with van der Waals surface area (Å²) >= 11 is 0. The lowest BCUT2D eigenvalue weighted by molar-refractivity contribution is -0.141. The molecule has 18 heavy (non-hydrogen) atoms. The Kier molecular flexibility index (Phi) is 5.41. The molecule has 0 aliphatic carbocycles. The van der Waals surface area contributed by atoms with Gasteiger partial charge in [-0.1, -0.05) is 0 Å². The summed E-state index contributed by atoms with van der Waals surface area (Å²) in [6.45, 7) is 7.01. The van der Waals surface area contributed by atoms with Gasteiger partial charge < -0.3 is 14.4 Å². The zero-order valence-electron chi connectivity index (χ0n) is 11.3. The molecular weight excluding hydrogens is 232 g/mol. The summed E-state index contributed by atoms with van der Waals surface area (Å²) in [6, 6.07) is 0.710. The van der Waals surface area contributed by atoms with Gasteiger partial charge in [-0.2, -0.15) is 0 Å². The Morgan fingerprint density at radius 2 is 1.89 bits per heavy atom. The van der Waals surface area contributed by atoms with Crippen molar-refractivity contribution in [3.8, 4) is 0 Å². The number of piperazine rings is 1. The van der Waals surface area contributed by atoms with E-state index in [4.69, 9.17) is 4.74 Å². The molecule has 0 aromatic rings. The second kappa shape index (κ2) is 7.07. The van der Waals surface area contributed by atoms with E-state index in [2.05, 4.69) is 14.5 Å². The number of hydrogen-bond acceptors (Lipinski definition) is 5. The van der Waals surface area contributed by atoms with Crippen molar-refractivity contribution in [2.24, 2.45) is 0 Å². The van der Waals surface area contributed by atoms with E-state index in [-0.39, 0.29) is 5.97 Å². The van der Waals surface area contributed by atoms with Gasteiger partial charge in [0, 0.05) is 52.0 Å². The lowest BCUT2D eigenvalue weighted by Gasteiger charge is -2.40. The first kappa shape index (κ1) is 13.8. The molecule has 0 amide bonds. The Hall–Kier alpha value is -0.650. The van der Waals surface area contributed by atoms with Crippen molar-refractivity contribution >= 4 is 5.97 Å². The highest BCUT2D eigenvalue weighted by molar-refractivity contribution is 5.69. The summed E-state index contributed by atoms with van der Waals surface area (Å²) in [6.07, 6.45) is 2.85. The van der Waals surface area contributed by atoms with Crippen molar-refractivity contribution in [2.75, 3.05) is 53.0 Å². The second-order valence-corrected chi connectivity index (χ2v) is 5.05. The number of esters is 1. The largest absolute Gasteiger partial charge is 0.469 e. The second-order valence-electron chi connectivity index (χ2n) is 5.05. The Balaban J connectivity index is 1.66. The molecule has 0 bridgehead atoms. The molecule has 0 N–H and O–H groups in total. The van der Waals surface area contributed by atoms with Crippen LogP contribution in [0.25, 0.3) is 0 Å². The molecule has 5 heteroatoms. The molecule has 0 aromatic carbocycles. The molecule has 2 aliphatic heterocycles. The van der Waals surface area contributed by atoms with Gasteiger partial charge in [-0.15, -0.1) is 0 Å². The molecule has 0 aromatic heterocycles. The van der Waals surface area contributed by atoms with Crippen LogP contribution in [0.15, 0.2) is 0 Å². The summed E-state index contributed by atoms with van der Waals surface area (Å²) in [7, 11) is 1.45. The first-order chi connectivity index (χ1) is 8.79. The average Bonchev–Trinajstić information content (AvgIpc) is 2.46. The highest BCUT2D eigenvalue weighted by atomic mass is 16.5. The SMILES string of the molecule is COC(=O)CCN1CCN(C2CCOCC2)CC1. The number of rotatable bonds is 4. The zero-order chi connectivity index (χ0) is 12.8. The van der Waals surface area contributed by atoms with Crippen LogP contribution in [0.5, 0.6) is 0 Å². The Bertz CT molecular complexity index is 259. The maximum absolute atomic E-state index is 11.1. The summed E-state index contributed by atoms with van der Waals surface area (Å²) in [5.74, 6) is -0.109. The van der Waals surface area contributed by atoms with Crippen LogP contribution in [0.2, 0.25) is 0 Å². The van der Waals surface area contributed by atoms with Gasteiger partial charge in [-0.25, -0.2) is 0 Å². The molecule has 2 heterocycles. The van der Waals surface area contributed by atoms with E-state index in [1.165, 1.54) is 20.0 Å². The number of carbonyl (C=O) groups excluding carboxylic acids is 1. The van der Waals surface area contributed by atoms with E-state index >= 15 is 0 Å². The molecule has 0 unspecified atom stereocenters. The number of hydrogen-bond donors (Lipinski definition) is 0. The van der Waals surface area contributed by atoms with E-state index in [0.29, 0.717) is 12.5 Å². The molecule has 2 fully saturated rings. The van der Waals surface area contributed by atoms with Crippen molar-refractivity contribution in [3.05, 3.63) is 0 Å². The Morgan fingerprint density at radius 1 is 1.22 bits per heavy atom. The molecule has 0 spiro atoms. The van der Waals surface area contributed by atoms with Gasteiger partial charge in [0.25, 0.3) is 0 Å². The smallest absolute Gasteiger partial charge is 0.306 e. The van der Waals surface area contributed by atoms with E-state index in [1.54, 1.807) is 0 Å². The monoisotopic (exact) mass is 256 g/mol. The summed E-state index contributed by atoms with van der Waals surface area (Å²) in [4.78, 5) is 16.0. The first-order valence-corrected chi connectivity index (χ1v) is 6.90. The van der Waals surface area contributed by atoms with Gasteiger partial charge in [-0.3, -0.25) is 9.69 Å². The van der Waals surface area contributed by atoms with Crippen molar-refractivity contribution < 1.29 is 14.3 Å². The predicted molar refractivity (Wildman–Crippen MR) is 68.5 cm³/mol. The normalized spacial score (nSPS) is 24.1. The average molecular weight is 256 g/mol. The van der Waals surface area contributed by atoms with Crippen LogP contribution in [0.1, 0.15) is 19.3 Å². The summed E-state index contributed by atoms with van der Waals surface area (Å²) < 4.78 is 10.1. The topological polar surface area (TPSA) is 42.0 Å². The highest BCUT2D eigenvalue weighted by Gasteiger charge is 2.25. The first-order valence-electron chi connectivity index (χ1n) is 6.90. The van der Waals surface area contributed by atoms with E-state index in [1.807, 2.05) is 0 Å². The lowest BCUT2D eigenvalue weighted by atomic mass is 10.1. The minimum atomic E-state index is -0.109. The minimum absolute atomic E-state index is 0.109. The quantitative estimate of drug-likeness (QED) is 0.679. The minimum Gasteiger partial charge on any atom is -0.469 e.